The average Bonchev–Trinajstić information content (AvgIpc) is 2.13. The number of hydrogen-bond acceptors (Lipinski definition) is 5. The van der Waals surface area contributed by atoms with E-state index >= 15 is 0 Å². The molecular formula is C10H21NO4. The molecule has 5 heteroatoms. The lowest BCUT2D eigenvalue weighted by Gasteiger charge is -2.22. The van der Waals surface area contributed by atoms with Crippen molar-refractivity contribution in [2.45, 2.75) is 52.4 Å². The first-order chi connectivity index (χ1) is 6.79. The summed E-state index contributed by atoms with van der Waals surface area (Å²) >= 11 is 0. The number of carbonyl (C=O) groups excluding carboxylic acids is 1. The topological polar surface area (TPSA) is 70.8 Å². The Bertz CT molecular complexity index is 204. The first kappa shape index (κ1) is 14.3. The highest BCUT2D eigenvalue weighted by Crippen LogP contribution is 2.09. The maximum Gasteiger partial charge on any atom is 0.340 e. The highest BCUT2D eigenvalue weighted by Gasteiger charge is 2.30. The van der Waals surface area contributed by atoms with E-state index < -0.39 is 11.6 Å². The lowest BCUT2D eigenvalue weighted by molar-refractivity contribution is -0.173. The third kappa shape index (κ3) is 5.71. The van der Waals surface area contributed by atoms with E-state index in [1.165, 1.54) is 0 Å². The summed E-state index contributed by atoms with van der Waals surface area (Å²) in [5.74, 6) is 4.47. The molecule has 0 saturated carbocycles. The maximum absolute atomic E-state index is 11.4. The Labute approximate surface area is 90.8 Å². The quantitative estimate of drug-likeness (QED) is 0.533. The molecule has 15 heavy (non-hydrogen) atoms. The van der Waals surface area contributed by atoms with Crippen molar-refractivity contribution in [3.8, 4) is 0 Å². The van der Waals surface area contributed by atoms with Crippen LogP contribution in [0.2, 0.25) is 0 Å². The van der Waals surface area contributed by atoms with E-state index in [0.29, 0.717) is 0 Å². The van der Waals surface area contributed by atoms with Gasteiger partial charge in [0.25, 0.3) is 0 Å². The normalized spacial score (nSPS) is 14.1. The Morgan fingerprint density at radius 3 is 2.27 bits per heavy atom. The molecular weight excluding hydrogens is 198 g/mol. The van der Waals surface area contributed by atoms with Crippen LogP contribution in [0.25, 0.3) is 0 Å². The Balaban J connectivity index is 3.90. The predicted molar refractivity (Wildman–Crippen MR) is 56.0 cm³/mol. The molecule has 0 radical (unpaired) electrons. The Morgan fingerprint density at radius 2 is 1.87 bits per heavy atom. The smallest absolute Gasteiger partial charge is 0.340 e. The maximum atomic E-state index is 11.4. The summed E-state index contributed by atoms with van der Waals surface area (Å²) in [6.07, 6.45) is -0.0278. The molecule has 0 amide bonds. The molecule has 0 saturated heterocycles. The molecule has 0 aliphatic carbocycles. The van der Waals surface area contributed by atoms with Crippen molar-refractivity contribution in [1.29, 1.82) is 0 Å². The molecule has 0 aliphatic heterocycles. The van der Waals surface area contributed by atoms with Crippen LogP contribution in [0.15, 0.2) is 0 Å². The molecule has 5 nitrogen and oxygen atoms in total. The standard InChI is InChI=1S/C10H21NO4/c1-7(2)14-8(3)6-13-9(12)10(4,5)15-11/h7-8H,6,11H2,1-5H3. The van der Waals surface area contributed by atoms with Crippen molar-refractivity contribution < 1.29 is 19.1 Å². The van der Waals surface area contributed by atoms with Gasteiger partial charge in [-0.05, 0) is 34.6 Å². The molecule has 0 bridgehead atoms. The number of esters is 1. The number of carbonyl (C=O) groups is 1. The van der Waals surface area contributed by atoms with Gasteiger partial charge in [0.15, 0.2) is 5.60 Å². The number of hydrogen-bond donors (Lipinski definition) is 1. The van der Waals surface area contributed by atoms with Gasteiger partial charge in [0, 0.05) is 0 Å². The minimum Gasteiger partial charge on any atom is -0.461 e. The zero-order valence-corrected chi connectivity index (χ0v) is 10.1. The number of rotatable bonds is 6. The molecule has 1 unspecified atom stereocenters. The summed E-state index contributed by atoms with van der Waals surface area (Å²) in [4.78, 5) is 15.9. The molecule has 0 heterocycles. The molecule has 0 rings (SSSR count). The fourth-order valence-corrected chi connectivity index (χ4v) is 0.919. The van der Waals surface area contributed by atoms with Crippen LogP contribution in [0.5, 0.6) is 0 Å². The largest absolute Gasteiger partial charge is 0.461 e. The van der Waals surface area contributed by atoms with Crippen LogP contribution in [0.1, 0.15) is 34.6 Å². The first-order valence-electron chi connectivity index (χ1n) is 5.00. The molecule has 90 valence electrons. The molecule has 1 atom stereocenters. The van der Waals surface area contributed by atoms with Crippen molar-refractivity contribution in [2.24, 2.45) is 5.90 Å². The zero-order chi connectivity index (χ0) is 12.1. The van der Waals surface area contributed by atoms with E-state index in [0.717, 1.165) is 0 Å². The van der Waals surface area contributed by atoms with Gasteiger partial charge in [-0.15, -0.1) is 0 Å². The summed E-state index contributed by atoms with van der Waals surface area (Å²) in [6, 6.07) is 0. The summed E-state index contributed by atoms with van der Waals surface area (Å²) in [5, 5.41) is 0. The van der Waals surface area contributed by atoms with Crippen LogP contribution in [-0.4, -0.2) is 30.4 Å². The van der Waals surface area contributed by atoms with Gasteiger partial charge >= 0.3 is 5.97 Å². The monoisotopic (exact) mass is 219 g/mol. The van der Waals surface area contributed by atoms with Crippen molar-refractivity contribution in [3.05, 3.63) is 0 Å². The SMILES string of the molecule is CC(C)OC(C)COC(=O)C(C)(C)ON. The summed E-state index contributed by atoms with van der Waals surface area (Å²) in [7, 11) is 0. The zero-order valence-electron chi connectivity index (χ0n) is 10.1. The van der Waals surface area contributed by atoms with Crippen LogP contribution < -0.4 is 5.90 Å². The Hall–Kier alpha value is -0.650. The van der Waals surface area contributed by atoms with E-state index in [1.54, 1.807) is 13.8 Å². The van der Waals surface area contributed by atoms with Gasteiger partial charge in [0.1, 0.15) is 6.61 Å². The fourth-order valence-electron chi connectivity index (χ4n) is 0.919. The van der Waals surface area contributed by atoms with E-state index in [4.69, 9.17) is 15.4 Å². The predicted octanol–water partition coefficient (Wildman–Crippen LogP) is 1.01. The van der Waals surface area contributed by atoms with Crippen molar-refractivity contribution in [1.82, 2.24) is 0 Å². The molecule has 0 aromatic rings. The highest BCUT2D eigenvalue weighted by atomic mass is 16.7. The van der Waals surface area contributed by atoms with Crippen LogP contribution in [-0.2, 0) is 19.1 Å². The second-order valence-electron chi connectivity index (χ2n) is 4.22. The summed E-state index contributed by atoms with van der Waals surface area (Å²) < 4.78 is 10.4. The average molecular weight is 219 g/mol. The van der Waals surface area contributed by atoms with Gasteiger partial charge < -0.3 is 9.47 Å². The lowest BCUT2D eigenvalue weighted by Crippen LogP contribution is -2.40. The van der Waals surface area contributed by atoms with Crippen LogP contribution in [0, 0.1) is 0 Å². The van der Waals surface area contributed by atoms with Crippen LogP contribution in [0.3, 0.4) is 0 Å². The van der Waals surface area contributed by atoms with E-state index in [2.05, 4.69) is 4.84 Å². The van der Waals surface area contributed by atoms with Crippen LogP contribution in [0.4, 0.5) is 0 Å². The van der Waals surface area contributed by atoms with Gasteiger partial charge in [-0.3, -0.25) is 4.84 Å². The molecule has 0 aromatic heterocycles. The Morgan fingerprint density at radius 1 is 1.33 bits per heavy atom. The molecule has 0 spiro atoms. The second kappa shape index (κ2) is 6.05. The summed E-state index contributed by atoms with van der Waals surface area (Å²) in [6.45, 7) is 8.97. The van der Waals surface area contributed by atoms with Crippen LogP contribution >= 0.6 is 0 Å². The number of ether oxygens (including phenoxy) is 2. The number of nitrogens with two attached hydrogens (primary N) is 1. The van der Waals surface area contributed by atoms with E-state index in [-0.39, 0.29) is 18.8 Å². The van der Waals surface area contributed by atoms with Gasteiger partial charge in [0.05, 0.1) is 12.2 Å². The lowest BCUT2D eigenvalue weighted by atomic mass is 10.1. The molecule has 0 aliphatic rings. The first-order valence-corrected chi connectivity index (χ1v) is 5.00. The molecule has 0 fully saturated rings. The second-order valence-corrected chi connectivity index (χ2v) is 4.22. The van der Waals surface area contributed by atoms with Gasteiger partial charge in [-0.25, -0.2) is 10.7 Å². The molecule has 0 aromatic carbocycles. The van der Waals surface area contributed by atoms with Crippen molar-refractivity contribution in [3.63, 3.8) is 0 Å². The molecule has 2 N–H and O–H groups in total. The van der Waals surface area contributed by atoms with Gasteiger partial charge in [-0.1, -0.05) is 0 Å². The third-order valence-corrected chi connectivity index (χ3v) is 1.74. The Kier molecular flexibility index (Phi) is 5.79. The van der Waals surface area contributed by atoms with E-state index in [9.17, 15) is 4.79 Å². The van der Waals surface area contributed by atoms with Gasteiger partial charge in [-0.2, -0.15) is 0 Å². The van der Waals surface area contributed by atoms with Crippen molar-refractivity contribution >= 4 is 5.97 Å². The minimum atomic E-state index is -1.11. The van der Waals surface area contributed by atoms with Crippen molar-refractivity contribution in [2.75, 3.05) is 6.61 Å². The minimum absolute atomic E-state index is 0.109. The van der Waals surface area contributed by atoms with E-state index in [1.807, 2.05) is 20.8 Å². The fraction of sp³-hybridized carbons (Fsp3) is 0.900. The summed E-state index contributed by atoms with van der Waals surface area (Å²) in [5.41, 5.74) is -1.11. The van der Waals surface area contributed by atoms with Gasteiger partial charge in [0.2, 0.25) is 0 Å². The highest BCUT2D eigenvalue weighted by molar-refractivity contribution is 5.78. The third-order valence-electron chi connectivity index (χ3n) is 1.74.